The zero-order valence-corrected chi connectivity index (χ0v) is 14.2. The third-order valence-electron chi connectivity index (χ3n) is 4.61. The van der Waals surface area contributed by atoms with Gasteiger partial charge in [-0.05, 0) is 17.5 Å². The number of aliphatic hydroxyl groups is 1. The van der Waals surface area contributed by atoms with Crippen LogP contribution in [0.5, 0.6) is 0 Å². The first-order chi connectivity index (χ1) is 12.1. The molecule has 2 aromatic rings. The van der Waals surface area contributed by atoms with E-state index in [1.54, 1.807) is 12.1 Å². The van der Waals surface area contributed by atoms with Gasteiger partial charge in [-0.15, -0.1) is 0 Å². The van der Waals surface area contributed by atoms with Gasteiger partial charge in [0.15, 0.2) is 0 Å². The van der Waals surface area contributed by atoms with Crippen molar-refractivity contribution in [3.63, 3.8) is 0 Å². The minimum absolute atomic E-state index is 0.0625. The van der Waals surface area contributed by atoms with E-state index in [2.05, 4.69) is 5.32 Å². The van der Waals surface area contributed by atoms with E-state index in [1.807, 2.05) is 55.5 Å². The van der Waals surface area contributed by atoms with E-state index < -0.39 is 17.7 Å². The van der Waals surface area contributed by atoms with Crippen LogP contribution in [0.1, 0.15) is 37.0 Å². The van der Waals surface area contributed by atoms with Gasteiger partial charge in [0.25, 0.3) is 5.91 Å². The lowest BCUT2D eigenvalue weighted by molar-refractivity contribution is -0.133. The maximum Gasteiger partial charge on any atom is 0.325 e. The van der Waals surface area contributed by atoms with Crippen molar-refractivity contribution in [1.82, 2.24) is 10.2 Å². The number of hydrogen-bond acceptors (Lipinski definition) is 3. The van der Waals surface area contributed by atoms with Crippen molar-refractivity contribution in [3.8, 4) is 0 Å². The van der Waals surface area contributed by atoms with E-state index in [0.717, 1.165) is 16.9 Å². The number of carbonyl (C=O) groups excluding carboxylic acids is 2. The maximum absolute atomic E-state index is 13.1. The number of nitrogens with one attached hydrogen (secondary N) is 1. The van der Waals surface area contributed by atoms with Crippen molar-refractivity contribution in [2.45, 2.75) is 31.4 Å². The summed E-state index contributed by atoms with van der Waals surface area (Å²) in [5.74, 6) is -0.305. The summed E-state index contributed by atoms with van der Waals surface area (Å²) >= 11 is 0. The lowest BCUT2D eigenvalue weighted by atomic mass is 9.85. The number of amides is 3. The van der Waals surface area contributed by atoms with Crippen LogP contribution < -0.4 is 5.32 Å². The van der Waals surface area contributed by atoms with E-state index in [4.69, 9.17) is 0 Å². The molecule has 1 saturated heterocycles. The van der Waals surface area contributed by atoms with Crippen LogP contribution in [0.4, 0.5) is 4.79 Å². The average Bonchev–Trinajstić information content (AvgIpc) is 2.88. The van der Waals surface area contributed by atoms with Crippen molar-refractivity contribution in [2.24, 2.45) is 0 Å². The van der Waals surface area contributed by atoms with Crippen LogP contribution in [0.15, 0.2) is 60.7 Å². The lowest BCUT2D eigenvalue weighted by Crippen LogP contribution is -2.44. The summed E-state index contributed by atoms with van der Waals surface area (Å²) in [7, 11) is 0. The summed E-state index contributed by atoms with van der Waals surface area (Å²) in [6.45, 7) is 1.92. The number of benzene rings is 2. The summed E-state index contributed by atoms with van der Waals surface area (Å²) in [6, 6.07) is 17.9. The van der Waals surface area contributed by atoms with Crippen LogP contribution in [0.2, 0.25) is 0 Å². The molecule has 5 nitrogen and oxygen atoms in total. The fraction of sp³-hybridized carbons (Fsp3) is 0.300. The second-order valence-electron chi connectivity index (χ2n) is 6.29. The molecule has 0 unspecified atom stereocenters. The molecule has 25 heavy (non-hydrogen) atoms. The van der Waals surface area contributed by atoms with Crippen LogP contribution in [0.3, 0.4) is 0 Å². The average molecular weight is 338 g/mol. The van der Waals surface area contributed by atoms with Gasteiger partial charge in [0.1, 0.15) is 5.54 Å². The minimum atomic E-state index is -1.05. The van der Waals surface area contributed by atoms with Crippen molar-refractivity contribution in [2.75, 3.05) is 6.54 Å². The quantitative estimate of drug-likeness (QED) is 0.796. The molecular weight excluding hydrogens is 316 g/mol. The number of carbonyl (C=O) groups is 2. The number of hydrogen-bond donors (Lipinski definition) is 2. The summed E-state index contributed by atoms with van der Waals surface area (Å²) in [5.41, 5.74) is 0.395. The van der Waals surface area contributed by atoms with Gasteiger partial charge in [0.05, 0.1) is 12.6 Å². The molecule has 5 heteroatoms. The number of β-amino-alcohol motifs (C(OH)–C–C–N with tert-alkyl or cyclic N) is 1. The first kappa shape index (κ1) is 17.2. The molecule has 0 aliphatic carbocycles. The van der Waals surface area contributed by atoms with Crippen LogP contribution >= 0.6 is 0 Å². The summed E-state index contributed by atoms with van der Waals surface area (Å²) in [5, 5.41) is 13.3. The molecule has 0 bridgehead atoms. The predicted octanol–water partition coefficient (Wildman–Crippen LogP) is 2.97. The number of nitrogens with zero attached hydrogens (tertiary/aromatic N) is 1. The lowest BCUT2D eigenvalue weighted by Gasteiger charge is -2.27. The Kier molecular flexibility index (Phi) is 4.86. The molecule has 2 atom stereocenters. The van der Waals surface area contributed by atoms with Gasteiger partial charge in [0.2, 0.25) is 0 Å². The fourth-order valence-corrected chi connectivity index (χ4v) is 3.35. The van der Waals surface area contributed by atoms with Crippen LogP contribution in [0.25, 0.3) is 0 Å². The summed E-state index contributed by atoms with van der Waals surface area (Å²) in [4.78, 5) is 26.8. The largest absolute Gasteiger partial charge is 0.387 e. The highest BCUT2D eigenvalue weighted by Gasteiger charge is 2.51. The van der Waals surface area contributed by atoms with Crippen LogP contribution in [0, 0.1) is 0 Å². The first-order valence-electron chi connectivity index (χ1n) is 8.51. The highest BCUT2D eigenvalue weighted by Crippen LogP contribution is 2.34. The number of urea groups is 1. The molecule has 3 amide bonds. The minimum Gasteiger partial charge on any atom is -0.387 e. The molecule has 0 radical (unpaired) electrons. The standard InChI is InChI=1S/C20H22N2O3/c1-2-13-20(16-11-7-4-8-12-16)18(24)22(19(25)21-20)14-17(23)15-9-5-3-6-10-15/h3-12,17,23H,2,13-14H2,1H3,(H,21,25)/t17-,20+/m1/s1. The Balaban J connectivity index is 1.88. The van der Waals surface area contributed by atoms with E-state index in [-0.39, 0.29) is 12.5 Å². The van der Waals surface area contributed by atoms with Gasteiger partial charge in [-0.1, -0.05) is 74.0 Å². The number of aliphatic hydroxyl groups excluding tert-OH is 1. The summed E-state index contributed by atoms with van der Waals surface area (Å²) < 4.78 is 0. The molecule has 1 heterocycles. The molecule has 1 aliphatic heterocycles. The Morgan fingerprint density at radius 3 is 2.24 bits per heavy atom. The Morgan fingerprint density at radius 1 is 1.04 bits per heavy atom. The van der Waals surface area contributed by atoms with Crippen molar-refractivity contribution < 1.29 is 14.7 Å². The van der Waals surface area contributed by atoms with E-state index in [0.29, 0.717) is 12.0 Å². The second kappa shape index (κ2) is 7.07. The van der Waals surface area contributed by atoms with Gasteiger partial charge >= 0.3 is 6.03 Å². The topological polar surface area (TPSA) is 69.6 Å². The Bertz CT molecular complexity index is 748. The Hall–Kier alpha value is -2.66. The molecule has 0 spiro atoms. The zero-order valence-electron chi connectivity index (χ0n) is 14.2. The maximum atomic E-state index is 13.1. The predicted molar refractivity (Wildman–Crippen MR) is 94.7 cm³/mol. The van der Waals surface area contributed by atoms with E-state index in [1.165, 1.54) is 0 Å². The molecule has 3 rings (SSSR count). The molecule has 0 saturated carbocycles. The fourth-order valence-electron chi connectivity index (χ4n) is 3.35. The van der Waals surface area contributed by atoms with Crippen molar-refractivity contribution >= 4 is 11.9 Å². The monoisotopic (exact) mass is 338 g/mol. The van der Waals surface area contributed by atoms with Gasteiger partial charge in [-0.25, -0.2) is 4.79 Å². The third-order valence-corrected chi connectivity index (χ3v) is 4.61. The number of imide groups is 1. The smallest absolute Gasteiger partial charge is 0.325 e. The molecule has 130 valence electrons. The first-order valence-corrected chi connectivity index (χ1v) is 8.51. The second-order valence-corrected chi connectivity index (χ2v) is 6.29. The van der Waals surface area contributed by atoms with Crippen LogP contribution in [-0.4, -0.2) is 28.5 Å². The normalized spacial score (nSPS) is 21.3. The SMILES string of the molecule is CCC[C@@]1(c2ccccc2)NC(=O)N(C[C@@H](O)c2ccccc2)C1=O. The van der Waals surface area contributed by atoms with Gasteiger partial charge in [-0.3, -0.25) is 9.69 Å². The highest BCUT2D eigenvalue weighted by molar-refractivity contribution is 6.07. The van der Waals surface area contributed by atoms with E-state index in [9.17, 15) is 14.7 Å². The molecule has 2 aromatic carbocycles. The molecular formula is C20H22N2O3. The zero-order chi connectivity index (χ0) is 17.9. The molecule has 1 fully saturated rings. The third kappa shape index (κ3) is 3.15. The van der Waals surface area contributed by atoms with Gasteiger partial charge in [0, 0.05) is 0 Å². The Morgan fingerprint density at radius 2 is 1.64 bits per heavy atom. The van der Waals surface area contributed by atoms with Crippen LogP contribution in [-0.2, 0) is 10.3 Å². The Labute approximate surface area is 147 Å². The molecule has 1 aliphatic rings. The van der Waals surface area contributed by atoms with Gasteiger partial charge in [-0.2, -0.15) is 0 Å². The highest BCUT2D eigenvalue weighted by atomic mass is 16.3. The molecule has 2 N–H and O–H groups in total. The van der Waals surface area contributed by atoms with Gasteiger partial charge < -0.3 is 10.4 Å². The summed E-state index contributed by atoms with van der Waals surface area (Å²) in [6.07, 6.45) is 0.347. The van der Waals surface area contributed by atoms with Crippen molar-refractivity contribution in [3.05, 3.63) is 71.8 Å². The van der Waals surface area contributed by atoms with E-state index >= 15 is 0 Å². The number of rotatable bonds is 6. The molecule has 0 aromatic heterocycles. The van der Waals surface area contributed by atoms with Crippen molar-refractivity contribution in [1.29, 1.82) is 0 Å².